The number of halogens is 1. The molecule has 0 spiro atoms. The summed E-state index contributed by atoms with van der Waals surface area (Å²) in [4.78, 5) is 11.5. The van der Waals surface area contributed by atoms with Crippen molar-refractivity contribution in [2.75, 3.05) is 6.54 Å². The predicted octanol–water partition coefficient (Wildman–Crippen LogP) is 2.03. The van der Waals surface area contributed by atoms with Gasteiger partial charge in [-0.2, -0.15) is 0 Å². The Kier molecular flexibility index (Phi) is 5.08. The summed E-state index contributed by atoms with van der Waals surface area (Å²) in [6.45, 7) is -0.0221. The Balaban J connectivity index is 1.88. The van der Waals surface area contributed by atoms with E-state index in [2.05, 4.69) is 17.2 Å². The molecule has 106 valence electrons. The third-order valence-corrected chi connectivity index (χ3v) is 2.78. The van der Waals surface area contributed by atoms with Crippen molar-refractivity contribution < 1.29 is 14.3 Å². The lowest BCUT2D eigenvalue weighted by atomic mass is 10.1. The summed E-state index contributed by atoms with van der Waals surface area (Å²) in [6.07, 6.45) is -0.969. The van der Waals surface area contributed by atoms with Crippen molar-refractivity contribution in [1.82, 2.24) is 5.32 Å². The molecule has 0 aliphatic rings. The van der Waals surface area contributed by atoms with E-state index >= 15 is 0 Å². The highest BCUT2D eigenvalue weighted by molar-refractivity contribution is 5.94. The molecular weight excluding hydrogens is 269 g/mol. The summed E-state index contributed by atoms with van der Waals surface area (Å²) in [5, 5.41) is 12.3. The maximum Gasteiger partial charge on any atom is 0.296 e. The van der Waals surface area contributed by atoms with Crippen LogP contribution in [0.1, 0.15) is 17.2 Å². The smallest absolute Gasteiger partial charge is 0.296 e. The molecule has 0 aliphatic carbocycles. The minimum atomic E-state index is -0.969. The zero-order chi connectivity index (χ0) is 15.1. The molecule has 2 aromatic rings. The molecule has 4 heteroatoms. The second kappa shape index (κ2) is 7.22. The number of rotatable bonds is 3. The van der Waals surface area contributed by atoms with Gasteiger partial charge in [-0.25, -0.2) is 4.39 Å². The Labute approximate surface area is 122 Å². The van der Waals surface area contributed by atoms with E-state index in [0.29, 0.717) is 5.56 Å². The number of carbonyl (C=O) groups is 1. The third-order valence-electron chi connectivity index (χ3n) is 2.78. The lowest BCUT2D eigenvalue weighted by molar-refractivity contribution is -0.116. The Morgan fingerprint density at radius 1 is 1.19 bits per heavy atom. The fourth-order valence-electron chi connectivity index (χ4n) is 1.72. The average molecular weight is 283 g/mol. The van der Waals surface area contributed by atoms with Crippen LogP contribution in [0.15, 0.2) is 54.6 Å². The fraction of sp³-hybridized carbons (Fsp3) is 0.118. The summed E-state index contributed by atoms with van der Waals surface area (Å²) in [5.74, 6) is 4.22. The molecule has 0 saturated carbocycles. The quantitative estimate of drug-likeness (QED) is 0.847. The SMILES string of the molecule is O=C(C#Cc1ccccc1)NCC(O)c1cccc(F)c1. The Morgan fingerprint density at radius 2 is 1.95 bits per heavy atom. The molecule has 0 aromatic heterocycles. The van der Waals surface area contributed by atoms with Crippen LogP contribution in [0.5, 0.6) is 0 Å². The Bertz CT molecular complexity index is 674. The predicted molar refractivity (Wildman–Crippen MR) is 77.7 cm³/mol. The van der Waals surface area contributed by atoms with Crippen molar-refractivity contribution in [2.24, 2.45) is 0 Å². The lowest BCUT2D eigenvalue weighted by Gasteiger charge is -2.10. The summed E-state index contributed by atoms with van der Waals surface area (Å²) < 4.78 is 13.0. The minimum absolute atomic E-state index is 0.0221. The van der Waals surface area contributed by atoms with Crippen LogP contribution < -0.4 is 5.32 Å². The van der Waals surface area contributed by atoms with Crippen molar-refractivity contribution in [3.05, 3.63) is 71.5 Å². The van der Waals surface area contributed by atoms with Crippen molar-refractivity contribution in [1.29, 1.82) is 0 Å². The van der Waals surface area contributed by atoms with Crippen LogP contribution >= 0.6 is 0 Å². The third kappa shape index (κ3) is 4.75. The van der Waals surface area contributed by atoms with Gasteiger partial charge in [-0.1, -0.05) is 36.3 Å². The fourth-order valence-corrected chi connectivity index (χ4v) is 1.72. The van der Waals surface area contributed by atoms with Crippen LogP contribution in [0.4, 0.5) is 4.39 Å². The molecular formula is C17H14FNO2. The minimum Gasteiger partial charge on any atom is -0.387 e. The number of hydrogen-bond acceptors (Lipinski definition) is 2. The summed E-state index contributed by atoms with van der Waals surface area (Å²) in [7, 11) is 0. The zero-order valence-electron chi connectivity index (χ0n) is 11.2. The topological polar surface area (TPSA) is 49.3 Å². The molecule has 0 bridgehead atoms. The van der Waals surface area contributed by atoms with Gasteiger partial charge in [-0.3, -0.25) is 4.79 Å². The van der Waals surface area contributed by atoms with E-state index in [1.54, 1.807) is 18.2 Å². The van der Waals surface area contributed by atoms with Gasteiger partial charge in [0.15, 0.2) is 0 Å². The first-order valence-electron chi connectivity index (χ1n) is 6.43. The van der Waals surface area contributed by atoms with Gasteiger partial charge in [-0.05, 0) is 29.8 Å². The molecule has 0 radical (unpaired) electrons. The van der Waals surface area contributed by atoms with E-state index in [-0.39, 0.29) is 6.54 Å². The standard InChI is InChI=1S/C17H14FNO2/c18-15-8-4-7-14(11-15)16(20)12-19-17(21)10-9-13-5-2-1-3-6-13/h1-8,11,16,20H,12H2,(H,19,21). The van der Waals surface area contributed by atoms with E-state index in [4.69, 9.17) is 0 Å². The van der Waals surface area contributed by atoms with E-state index in [1.165, 1.54) is 18.2 Å². The molecule has 1 unspecified atom stereocenters. The maximum absolute atomic E-state index is 13.0. The van der Waals surface area contributed by atoms with Crippen LogP contribution in [0, 0.1) is 17.7 Å². The molecule has 0 fully saturated rings. The molecule has 0 saturated heterocycles. The van der Waals surface area contributed by atoms with Crippen LogP contribution in [0.25, 0.3) is 0 Å². The van der Waals surface area contributed by atoms with E-state index < -0.39 is 17.8 Å². The van der Waals surface area contributed by atoms with Gasteiger partial charge >= 0.3 is 0 Å². The summed E-state index contributed by atoms with van der Waals surface area (Å²) in [5.41, 5.74) is 1.14. The number of nitrogens with one attached hydrogen (secondary N) is 1. The summed E-state index contributed by atoms with van der Waals surface area (Å²) >= 11 is 0. The highest BCUT2D eigenvalue weighted by atomic mass is 19.1. The maximum atomic E-state index is 13.0. The number of benzene rings is 2. The van der Waals surface area contributed by atoms with Gasteiger partial charge in [0, 0.05) is 18.0 Å². The molecule has 1 amide bonds. The van der Waals surface area contributed by atoms with Gasteiger partial charge in [0.25, 0.3) is 5.91 Å². The molecule has 0 heterocycles. The molecule has 3 nitrogen and oxygen atoms in total. The molecule has 2 N–H and O–H groups in total. The van der Waals surface area contributed by atoms with Crippen LogP contribution in [-0.4, -0.2) is 17.6 Å². The second-order valence-corrected chi connectivity index (χ2v) is 4.40. The van der Waals surface area contributed by atoms with Crippen molar-refractivity contribution in [3.63, 3.8) is 0 Å². The van der Waals surface area contributed by atoms with E-state index in [1.807, 2.05) is 18.2 Å². The van der Waals surface area contributed by atoms with Crippen LogP contribution in [-0.2, 0) is 4.79 Å². The Hall–Kier alpha value is -2.64. The number of carbonyl (C=O) groups excluding carboxylic acids is 1. The molecule has 21 heavy (non-hydrogen) atoms. The van der Waals surface area contributed by atoms with Crippen molar-refractivity contribution in [3.8, 4) is 11.8 Å². The molecule has 2 rings (SSSR count). The van der Waals surface area contributed by atoms with Crippen molar-refractivity contribution >= 4 is 5.91 Å². The van der Waals surface area contributed by atoms with E-state index in [9.17, 15) is 14.3 Å². The average Bonchev–Trinajstić information content (AvgIpc) is 2.51. The first-order chi connectivity index (χ1) is 10.1. The van der Waals surface area contributed by atoms with Crippen LogP contribution in [0.3, 0.4) is 0 Å². The van der Waals surface area contributed by atoms with Crippen molar-refractivity contribution in [2.45, 2.75) is 6.10 Å². The number of aliphatic hydroxyl groups is 1. The monoisotopic (exact) mass is 283 g/mol. The number of hydrogen-bond donors (Lipinski definition) is 2. The van der Waals surface area contributed by atoms with Gasteiger partial charge in [-0.15, -0.1) is 0 Å². The normalized spacial score (nSPS) is 11.1. The molecule has 2 aromatic carbocycles. The zero-order valence-corrected chi connectivity index (χ0v) is 11.2. The molecule has 0 aliphatic heterocycles. The highest BCUT2D eigenvalue weighted by Gasteiger charge is 2.09. The van der Waals surface area contributed by atoms with Crippen LogP contribution in [0.2, 0.25) is 0 Å². The largest absolute Gasteiger partial charge is 0.387 e. The molecule has 1 atom stereocenters. The van der Waals surface area contributed by atoms with Gasteiger partial charge < -0.3 is 10.4 Å². The Morgan fingerprint density at radius 3 is 2.67 bits per heavy atom. The number of aliphatic hydroxyl groups excluding tert-OH is 1. The number of amides is 1. The first kappa shape index (κ1) is 14.8. The lowest BCUT2D eigenvalue weighted by Crippen LogP contribution is -2.27. The first-order valence-corrected chi connectivity index (χ1v) is 6.43. The van der Waals surface area contributed by atoms with Gasteiger partial charge in [0.05, 0.1) is 6.10 Å². The second-order valence-electron chi connectivity index (χ2n) is 4.40. The summed E-state index contributed by atoms with van der Waals surface area (Å²) in [6, 6.07) is 14.7. The highest BCUT2D eigenvalue weighted by Crippen LogP contribution is 2.12. The van der Waals surface area contributed by atoms with Gasteiger partial charge in [0.1, 0.15) is 5.82 Å². The van der Waals surface area contributed by atoms with E-state index in [0.717, 1.165) is 5.56 Å². The van der Waals surface area contributed by atoms with Gasteiger partial charge in [0.2, 0.25) is 0 Å².